The first kappa shape index (κ1) is 15.6. The number of nitrogens with one attached hydrogen (secondary N) is 1. The number of methoxy groups -OCH3 is 1. The fraction of sp³-hybridized carbons (Fsp3) is 0.562. The Morgan fingerprint density at radius 1 is 1.57 bits per heavy atom. The fourth-order valence-electron chi connectivity index (χ4n) is 2.67. The summed E-state index contributed by atoms with van der Waals surface area (Å²) in [6.07, 6.45) is 1.65. The molecule has 2 rings (SSSR count). The number of rotatable bonds is 5. The zero-order chi connectivity index (χ0) is 15.2. The van der Waals surface area contributed by atoms with E-state index in [1.54, 1.807) is 12.0 Å². The molecule has 0 saturated carbocycles. The van der Waals surface area contributed by atoms with E-state index in [-0.39, 0.29) is 24.6 Å². The van der Waals surface area contributed by atoms with Gasteiger partial charge in [0.1, 0.15) is 5.75 Å². The third kappa shape index (κ3) is 4.36. The second kappa shape index (κ2) is 7.31. The van der Waals surface area contributed by atoms with Crippen molar-refractivity contribution in [3.8, 4) is 5.75 Å². The SMILES string of the molecule is COc1cccc(CC(C)NC(=O)N2CCC(CO)C2)c1. The topological polar surface area (TPSA) is 61.8 Å². The molecule has 1 heterocycles. The molecule has 0 aliphatic carbocycles. The van der Waals surface area contributed by atoms with Crippen LogP contribution in [-0.4, -0.2) is 48.9 Å². The molecule has 1 aliphatic rings. The highest BCUT2D eigenvalue weighted by molar-refractivity contribution is 5.74. The lowest BCUT2D eigenvalue weighted by molar-refractivity contribution is 0.195. The second-order valence-corrected chi connectivity index (χ2v) is 5.69. The summed E-state index contributed by atoms with van der Waals surface area (Å²) in [7, 11) is 1.65. The van der Waals surface area contributed by atoms with Crippen LogP contribution >= 0.6 is 0 Å². The minimum absolute atomic E-state index is 0.0404. The number of benzene rings is 1. The Morgan fingerprint density at radius 3 is 3.05 bits per heavy atom. The van der Waals surface area contributed by atoms with Crippen molar-refractivity contribution in [1.29, 1.82) is 0 Å². The molecule has 1 aromatic carbocycles. The first-order valence-electron chi connectivity index (χ1n) is 7.41. The zero-order valence-electron chi connectivity index (χ0n) is 12.7. The molecular formula is C16H24N2O3. The van der Waals surface area contributed by atoms with Gasteiger partial charge in [-0.25, -0.2) is 4.79 Å². The third-order valence-corrected chi connectivity index (χ3v) is 3.88. The maximum atomic E-state index is 12.1. The number of aliphatic hydroxyl groups is 1. The molecule has 5 heteroatoms. The van der Waals surface area contributed by atoms with Crippen LogP contribution in [0.4, 0.5) is 4.79 Å². The molecule has 2 N–H and O–H groups in total. The normalized spacial score (nSPS) is 19.4. The number of carbonyl (C=O) groups excluding carboxylic acids is 1. The molecule has 2 amide bonds. The van der Waals surface area contributed by atoms with E-state index in [0.717, 1.165) is 30.7 Å². The van der Waals surface area contributed by atoms with Crippen molar-refractivity contribution < 1.29 is 14.6 Å². The number of likely N-dealkylation sites (tertiary alicyclic amines) is 1. The smallest absolute Gasteiger partial charge is 0.317 e. The van der Waals surface area contributed by atoms with Gasteiger partial charge in [0.25, 0.3) is 0 Å². The van der Waals surface area contributed by atoms with Crippen LogP contribution in [0.1, 0.15) is 18.9 Å². The zero-order valence-corrected chi connectivity index (χ0v) is 12.7. The Bertz CT molecular complexity index is 478. The Hall–Kier alpha value is -1.75. The van der Waals surface area contributed by atoms with Crippen LogP contribution in [0.15, 0.2) is 24.3 Å². The van der Waals surface area contributed by atoms with Crippen molar-refractivity contribution in [1.82, 2.24) is 10.2 Å². The van der Waals surface area contributed by atoms with Gasteiger partial charge < -0.3 is 20.1 Å². The van der Waals surface area contributed by atoms with Crippen molar-refractivity contribution >= 4 is 6.03 Å². The molecule has 2 atom stereocenters. The van der Waals surface area contributed by atoms with E-state index in [2.05, 4.69) is 5.32 Å². The Labute approximate surface area is 125 Å². The summed E-state index contributed by atoms with van der Waals surface area (Å²) in [5.41, 5.74) is 1.14. The molecule has 1 aromatic rings. The maximum absolute atomic E-state index is 12.1. The number of nitrogens with zero attached hydrogens (tertiary/aromatic N) is 1. The summed E-state index contributed by atoms with van der Waals surface area (Å²) in [5, 5.41) is 12.1. The van der Waals surface area contributed by atoms with Gasteiger partial charge in [0.05, 0.1) is 7.11 Å². The molecule has 1 saturated heterocycles. The van der Waals surface area contributed by atoms with Crippen molar-refractivity contribution in [3.63, 3.8) is 0 Å². The van der Waals surface area contributed by atoms with Gasteiger partial charge in [0.2, 0.25) is 0 Å². The standard InChI is InChI=1S/C16H24N2O3/c1-12(8-13-4-3-5-15(9-13)21-2)17-16(20)18-7-6-14(10-18)11-19/h3-5,9,12,14,19H,6-8,10-11H2,1-2H3,(H,17,20). The largest absolute Gasteiger partial charge is 0.497 e. The molecule has 1 fully saturated rings. The second-order valence-electron chi connectivity index (χ2n) is 5.69. The van der Waals surface area contributed by atoms with Crippen LogP contribution < -0.4 is 10.1 Å². The third-order valence-electron chi connectivity index (χ3n) is 3.88. The van der Waals surface area contributed by atoms with E-state index in [1.807, 2.05) is 31.2 Å². The van der Waals surface area contributed by atoms with Crippen LogP contribution in [0.3, 0.4) is 0 Å². The predicted molar refractivity (Wildman–Crippen MR) is 81.5 cm³/mol. The summed E-state index contributed by atoms with van der Waals surface area (Å²) < 4.78 is 5.20. The number of hydrogen-bond acceptors (Lipinski definition) is 3. The molecule has 0 aromatic heterocycles. The average molecular weight is 292 g/mol. The van der Waals surface area contributed by atoms with Crippen molar-refractivity contribution in [2.24, 2.45) is 5.92 Å². The Morgan fingerprint density at radius 2 is 2.38 bits per heavy atom. The van der Waals surface area contributed by atoms with Crippen LogP contribution in [-0.2, 0) is 6.42 Å². The Kier molecular flexibility index (Phi) is 5.44. The summed E-state index contributed by atoms with van der Waals surface area (Å²) >= 11 is 0. The van der Waals surface area contributed by atoms with E-state index in [9.17, 15) is 4.79 Å². The number of carbonyl (C=O) groups is 1. The van der Waals surface area contributed by atoms with E-state index in [4.69, 9.17) is 9.84 Å². The molecule has 2 unspecified atom stereocenters. The first-order valence-corrected chi connectivity index (χ1v) is 7.41. The quantitative estimate of drug-likeness (QED) is 0.867. The van der Waals surface area contributed by atoms with E-state index in [1.165, 1.54) is 0 Å². The van der Waals surface area contributed by atoms with Gasteiger partial charge in [-0.05, 0) is 37.5 Å². The summed E-state index contributed by atoms with van der Waals surface area (Å²) in [6, 6.07) is 7.89. The molecule has 116 valence electrons. The average Bonchev–Trinajstić information content (AvgIpc) is 2.96. The van der Waals surface area contributed by atoms with Gasteiger partial charge >= 0.3 is 6.03 Å². The minimum Gasteiger partial charge on any atom is -0.497 e. The summed E-state index contributed by atoms with van der Waals surface area (Å²) in [6.45, 7) is 3.53. The van der Waals surface area contributed by atoms with Crippen molar-refractivity contribution in [2.75, 3.05) is 26.8 Å². The van der Waals surface area contributed by atoms with Crippen molar-refractivity contribution in [2.45, 2.75) is 25.8 Å². The van der Waals surface area contributed by atoms with Crippen LogP contribution in [0.2, 0.25) is 0 Å². The maximum Gasteiger partial charge on any atom is 0.317 e. The van der Waals surface area contributed by atoms with Gasteiger partial charge in [-0.15, -0.1) is 0 Å². The van der Waals surface area contributed by atoms with Crippen LogP contribution in [0.5, 0.6) is 5.75 Å². The van der Waals surface area contributed by atoms with Crippen molar-refractivity contribution in [3.05, 3.63) is 29.8 Å². The molecule has 5 nitrogen and oxygen atoms in total. The summed E-state index contributed by atoms with van der Waals surface area (Å²) in [5.74, 6) is 1.06. The highest BCUT2D eigenvalue weighted by Crippen LogP contribution is 2.16. The first-order chi connectivity index (χ1) is 10.1. The molecule has 21 heavy (non-hydrogen) atoms. The molecule has 0 radical (unpaired) electrons. The highest BCUT2D eigenvalue weighted by Gasteiger charge is 2.26. The summed E-state index contributed by atoms with van der Waals surface area (Å²) in [4.78, 5) is 13.9. The van der Waals surface area contributed by atoms with E-state index < -0.39 is 0 Å². The number of ether oxygens (including phenoxy) is 1. The van der Waals surface area contributed by atoms with Gasteiger partial charge in [0.15, 0.2) is 0 Å². The van der Waals surface area contributed by atoms with Crippen LogP contribution in [0, 0.1) is 5.92 Å². The van der Waals surface area contributed by atoms with Gasteiger partial charge in [0, 0.05) is 31.7 Å². The number of amides is 2. The lowest BCUT2D eigenvalue weighted by Gasteiger charge is -2.21. The molecule has 1 aliphatic heterocycles. The monoisotopic (exact) mass is 292 g/mol. The minimum atomic E-state index is -0.0404. The number of hydrogen-bond donors (Lipinski definition) is 2. The molecule has 0 spiro atoms. The Balaban J connectivity index is 1.83. The highest BCUT2D eigenvalue weighted by atomic mass is 16.5. The number of urea groups is 1. The molecular weight excluding hydrogens is 268 g/mol. The van der Waals surface area contributed by atoms with Gasteiger partial charge in [-0.1, -0.05) is 12.1 Å². The molecule has 0 bridgehead atoms. The predicted octanol–water partition coefficient (Wildman–Crippen LogP) is 1.65. The van der Waals surface area contributed by atoms with Gasteiger partial charge in [-0.2, -0.15) is 0 Å². The van der Waals surface area contributed by atoms with E-state index >= 15 is 0 Å². The van der Waals surface area contributed by atoms with E-state index in [0.29, 0.717) is 6.54 Å². The van der Waals surface area contributed by atoms with Gasteiger partial charge in [-0.3, -0.25) is 0 Å². The lowest BCUT2D eigenvalue weighted by atomic mass is 10.1. The number of aliphatic hydroxyl groups excluding tert-OH is 1. The fourth-order valence-corrected chi connectivity index (χ4v) is 2.67. The van der Waals surface area contributed by atoms with Crippen LogP contribution in [0.25, 0.3) is 0 Å². The lowest BCUT2D eigenvalue weighted by Crippen LogP contribution is -2.43.